The number of fused-ring (bicyclic) bond motifs is 1. The van der Waals surface area contributed by atoms with Crippen LogP contribution in [0.15, 0.2) is 18.2 Å². The number of aromatic nitrogens is 2. The molecule has 90 valence electrons. The summed E-state index contributed by atoms with van der Waals surface area (Å²) in [5.74, 6) is 0.994. The van der Waals surface area contributed by atoms with Crippen LogP contribution in [0.25, 0.3) is 11.0 Å². The van der Waals surface area contributed by atoms with Crippen LogP contribution in [0.3, 0.4) is 0 Å². The number of benzene rings is 1. The van der Waals surface area contributed by atoms with E-state index >= 15 is 0 Å². The van der Waals surface area contributed by atoms with Crippen molar-refractivity contribution in [3.05, 3.63) is 18.2 Å². The molecule has 5 heteroatoms. The Hall–Kier alpha value is -1.75. The Balaban J connectivity index is 2.07. The lowest BCUT2D eigenvalue weighted by molar-refractivity contribution is 0.122. The van der Waals surface area contributed by atoms with E-state index in [2.05, 4.69) is 14.5 Å². The molecule has 1 saturated heterocycles. The topological polar surface area (TPSA) is 56.3 Å². The number of hydrogen-bond acceptors (Lipinski definition) is 4. The number of aryl methyl sites for hydroxylation is 1. The molecule has 2 N–H and O–H groups in total. The SMILES string of the molecule is Cn1c(N2CCOCC2)nc2ccc(N)cc21. The fraction of sp³-hybridized carbons (Fsp3) is 0.417. The molecule has 0 radical (unpaired) electrons. The van der Waals surface area contributed by atoms with Crippen LogP contribution >= 0.6 is 0 Å². The average Bonchev–Trinajstić information content (AvgIpc) is 2.68. The quantitative estimate of drug-likeness (QED) is 0.745. The second-order valence-corrected chi connectivity index (χ2v) is 4.32. The van der Waals surface area contributed by atoms with Gasteiger partial charge in [0.1, 0.15) is 0 Å². The lowest BCUT2D eigenvalue weighted by Crippen LogP contribution is -2.37. The summed E-state index contributed by atoms with van der Waals surface area (Å²) in [6.07, 6.45) is 0. The van der Waals surface area contributed by atoms with Crippen molar-refractivity contribution >= 4 is 22.7 Å². The van der Waals surface area contributed by atoms with Gasteiger partial charge in [0.2, 0.25) is 5.95 Å². The van der Waals surface area contributed by atoms with Crippen LogP contribution in [0, 0.1) is 0 Å². The summed E-state index contributed by atoms with van der Waals surface area (Å²) in [5, 5.41) is 0. The molecule has 0 atom stereocenters. The monoisotopic (exact) mass is 232 g/mol. The third kappa shape index (κ3) is 1.72. The van der Waals surface area contributed by atoms with Gasteiger partial charge in [0.05, 0.1) is 24.2 Å². The number of morpholine rings is 1. The summed E-state index contributed by atoms with van der Waals surface area (Å²) in [6.45, 7) is 3.33. The summed E-state index contributed by atoms with van der Waals surface area (Å²) in [7, 11) is 2.03. The van der Waals surface area contributed by atoms with E-state index in [1.807, 2.05) is 25.2 Å². The summed E-state index contributed by atoms with van der Waals surface area (Å²) in [6, 6.07) is 5.82. The van der Waals surface area contributed by atoms with Gasteiger partial charge in [-0.2, -0.15) is 0 Å². The Kier molecular flexibility index (Phi) is 2.40. The lowest BCUT2D eigenvalue weighted by atomic mass is 10.3. The van der Waals surface area contributed by atoms with Crippen molar-refractivity contribution in [2.45, 2.75) is 0 Å². The average molecular weight is 232 g/mol. The van der Waals surface area contributed by atoms with E-state index in [1.54, 1.807) is 0 Å². The molecule has 1 aliphatic heterocycles. The molecule has 2 heterocycles. The predicted octanol–water partition coefficient (Wildman–Crippen LogP) is 0.992. The van der Waals surface area contributed by atoms with Crippen LogP contribution in [0.5, 0.6) is 0 Å². The number of rotatable bonds is 1. The van der Waals surface area contributed by atoms with E-state index in [0.29, 0.717) is 0 Å². The van der Waals surface area contributed by atoms with Crippen LogP contribution in [-0.4, -0.2) is 35.9 Å². The summed E-state index contributed by atoms with van der Waals surface area (Å²) >= 11 is 0. The first kappa shape index (κ1) is 10.4. The van der Waals surface area contributed by atoms with E-state index in [4.69, 9.17) is 10.5 Å². The third-order valence-electron chi connectivity index (χ3n) is 3.18. The first-order valence-electron chi connectivity index (χ1n) is 5.80. The van der Waals surface area contributed by atoms with E-state index in [1.165, 1.54) is 0 Å². The molecule has 1 fully saturated rings. The minimum atomic E-state index is 0.769. The molecule has 1 aromatic carbocycles. The molecule has 5 nitrogen and oxygen atoms in total. The Morgan fingerprint density at radius 3 is 2.82 bits per heavy atom. The van der Waals surface area contributed by atoms with E-state index in [0.717, 1.165) is 49.0 Å². The number of nitrogens with zero attached hydrogens (tertiary/aromatic N) is 3. The highest BCUT2D eigenvalue weighted by molar-refractivity contribution is 5.82. The fourth-order valence-electron chi connectivity index (χ4n) is 2.24. The fourth-order valence-corrected chi connectivity index (χ4v) is 2.24. The van der Waals surface area contributed by atoms with Gasteiger partial charge in [-0.1, -0.05) is 0 Å². The number of hydrogen-bond donors (Lipinski definition) is 1. The molecule has 17 heavy (non-hydrogen) atoms. The summed E-state index contributed by atoms with van der Waals surface area (Å²) < 4.78 is 7.45. The highest BCUT2D eigenvalue weighted by Crippen LogP contribution is 2.23. The van der Waals surface area contributed by atoms with Crippen LogP contribution < -0.4 is 10.6 Å². The van der Waals surface area contributed by atoms with Crippen molar-refractivity contribution in [2.75, 3.05) is 36.9 Å². The highest BCUT2D eigenvalue weighted by atomic mass is 16.5. The molecule has 1 aromatic heterocycles. The zero-order chi connectivity index (χ0) is 11.8. The second kappa shape index (κ2) is 3.92. The smallest absolute Gasteiger partial charge is 0.206 e. The first-order chi connectivity index (χ1) is 8.25. The van der Waals surface area contributed by atoms with Gasteiger partial charge in [-0.15, -0.1) is 0 Å². The normalized spacial score (nSPS) is 16.6. The zero-order valence-corrected chi connectivity index (χ0v) is 9.89. The standard InChI is InChI=1S/C12H16N4O/c1-15-11-8-9(13)2-3-10(11)14-12(15)16-4-6-17-7-5-16/h2-3,8H,4-7,13H2,1H3. The molecule has 0 bridgehead atoms. The Bertz CT molecular complexity index is 543. The maximum absolute atomic E-state index is 5.81. The van der Waals surface area contributed by atoms with Gasteiger partial charge in [0.15, 0.2) is 0 Å². The van der Waals surface area contributed by atoms with Crippen molar-refractivity contribution in [3.8, 4) is 0 Å². The molecular formula is C12H16N4O. The van der Waals surface area contributed by atoms with Crippen molar-refractivity contribution in [3.63, 3.8) is 0 Å². The van der Waals surface area contributed by atoms with E-state index in [9.17, 15) is 0 Å². The van der Waals surface area contributed by atoms with Crippen LogP contribution in [0.2, 0.25) is 0 Å². The maximum atomic E-state index is 5.81. The van der Waals surface area contributed by atoms with Gasteiger partial charge in [-0.25, -0.2) is 4.98 Å². The molecule has 3 rings (SSSR count). The van der Waals surface area contributed by atoms with Crippen molar-refractivity contribution in [2.24, 2.45) is 7.05 Å². The number of ether oxygens (including phenoxy) is 1. The summed E-state index contributed by atoms with van der Waals surface area (Å²) in [5.41, 5.74) is 8.64. The molecule has 2 aromatic rings. The number of imidazole rings is 1. The van der Waals surface area contributed by atoms with Crippen molar-refractivity contribution in [1.82, 2.24) is 9.55 Å². The Labute approximate surface area is 99.8 Å². The van der Waals surface area contributed by atoms with Crippen molar-refractivity contribution < 1.29 is 4.74 Å². The van der Waals surface area contributed by atoms with Crippen LogP contribution in [0.1, 0.15) is 0 Å². The first-order valence-corrected chi connectivity index (χ1v) is 5.80. The van der Waals surface area contributed by atoms with Crippen LogP contribution in [-0.2, 0) is 11.8 Å². The Morgan fingerprint density at radius 1 is 1.29 bits per heavy atom. The number of nitrogens with two attached hydrogens (primary N) is 1. The third-order valence-corrected chi connectivity index (χ3v) is 3.18. The largest absolute Gasteiger partial charge is 0.399 e. The van der Waals surface area contributed by atoms with Gasteiger partial charge in [-0.05, 0) is 18.2 Å². The molecule has 0 amide bonds. The molecule has 0 aliphatic carbocycles. The predicted molar refractivity (Wildman–Crippen MR) is 68.2 cm³/mol. The van der Waals surface area contributed by atoms with Gasteiger partial charge >= 0.3 is 0 Å². The molecule has 1 aliphatic rings. The van der Waals surface area contributed by atoms with Gasteiger partial charge in [-0.3, -0.25) is 0 Å². The van der Waals surface area contributed by atoms with Crippen molar-refractivity contribution in [1.29, 1.82) is 0 Å². The minimum Gasteiger partial charge on any atom is -0.399 e. The number of nitrogen functional groups attached to an aromatic ring is 1. The Morgan fingerprint density at radius 2 is 2.06 bits per heavy atom. The van der Waals surface area contributed by atoms with Gasteiger partial charge in [0, 0.05) is 25.8 Å². The van der Waals surface area contributed by atoms with Gasteiger partial charge in [0.25, 0.3) is 0 Å². The maximum Gasteiger partial charge on any atom is 0.206 e. The molecule has 0 unspecified atom stereocenters. The second-order valence-electron chi connectivity index (χ2n) is 4.32. The van der Waals surface area contributed by atoms with E-state index in [-0.39, 0.29) is 0 Å². The summed E-state index contributed by atoms with van der Waals surface area (Å²) in [4.78, 5) is 6.90. The minimum absolute atomic E-state index is 0.769. The highest BCUT2D eigenvalue weighted by Gasteiger charge is 2.17. The van der Waals surface area contributed by atoms with E-state index < -0.39 is 0 Å². The number of anilines is 2. The molecule has 0 spiro atoms. The zero-order valence-electron chi connectivity index (χ0n) is 9.89. The van der Waals surface area contributed by atoms with Gasteiger partial charge < -0.3 is 19.9 Å². The molecule has 0 saturated carbocycles. The molecular weight excluding hydrogens is 216 g/mol. The lowest BCUT2D eigenvalue weighted by Gasteiger charge is -2.27. The van der Waals surface area contributed by atoms with Crippen LogP contribution in [0.4, 0.5) is 11.6 Å².